The maximum Gasteiger partial charge on any atom is 0.330 e. The average Bonchev–Trinajstić information content (AvgIpc) is 2.17. The molecule has 1 aliphatic heterocycles. The molecule has 1 heterocycles. The van der Waals surface area contributed by atoms with Crippen molar-refractivity contribution >= 4 is 17.8 Å². The third-order valence-corrected chi connectivity index (χ3v) is 2.48. The van der Waals surface area contributed by atoms with Gasteiger partial charge in [0.25, 0.3) is 0 Å². The van der Waals surface area contributed by atoms with E-state index in [-0.39, 0.29) is 6.54 Å². The van der Waals surface area contributed by atoms with Crippen LogP contribution in [0.5, 0.6) is 0 Å². The molecule has 5 heteroatoms. The molecule has 0 bridgehead atoms. The third-order valence-electron chi connectivity index (χ3n) is 2.48. The largest absolute Gasteiger partial charge is 0.330 e. The second-order valence-corrected chi connectivity index (χ2v) is 3.34. The molecule has 0 aromatic rings. The number of urea groups is 1. The van der Waals surface area contributed by atoms with E-state index in [1.807, 2.05) is 0 Å². The molecule has 0 aliphatic carbocycles. The molecule has 1 fully saturated rings. The van der Waals surface area contributed by atoms with E-state index >= 15 is 0 Å². The first-order valence-electron chi connectivity index (χ1n) is 4.81. The summed E-state index contributed by atoms with van der Waals surface area (Å²) in [6.07, 6.45) is 1.70. The van der Waals surface area contributed by atoms with Crippen LogP contribution in [0.25, 0.3) is 0 Å². The lowest BCUT2D eigenvalue weighted by Crippen LogP contribution is -2.57. The minimum absolute atomic E-state index is 0.269. The minimum atomic E-state index is -0.854. The number of barbiturate groups is 1. The van der Waals surface area contributed by atoms with Crippen LogP contribution >= 0.6 is 0 Å². The van der Waals surface area contributed by atoms with Crippen molar-refractivity contribution in [2.75, 3.05) is 6.54 Å². The number of rotatable bonds is 2. The lowest BCUT2D eigenvalue weighted by molar-refractivity contribution is -0.140. The van der Waals surface area contributed by atoms with E-state index < -0.39 is 23.8 Å². The molecule has 0 aromatic heterocycles. The van der Waals surface area contributed by atoms with Crippen LogP contribution in [0.4, 0.5) is 4.79 Å². The van der Waals surface area contributed by atoms with Gasteiger partial charge in [0, 0.05) is 6.54 Å². The summed E-state index contributed by atoms with van der Waals surface area (Å²) in [5.74, 6) is -1.83. The molecule has 0 aromatic carbocycles. The van der Waals surface area contributed by atoms with Gasteiger partial charge in [-0.1, -0.05) is 11.6 Å². The van der Waals surface area contributed by atoms with Crippen LogP contribution in [0.3, 0.4) is 0 Å². The van der Waals surface area contributed by atoms with Gasteiger partial charge in [0.2, 0.25) is 11.8 Å². The topological polar surface area (TPSA) is 66.5 Å². The number of nitrogens with zero attached hydrogens (tertiary/aromatic N) is 1. The number of carbonyl (C=O) groups is 3. The van der Waals surface area contributed by atoms with Crippen molar-refractivity contribution in [3.8, 4) is 0 Å². The molecular weight excluding hydrogens is 196 g/mol. The summed E-state index contributed by atoms with van der Waals surface area (Å²) >= 11 is 0. The number of hydrogen-bond donors (Lipinski definition) is 1. The quantitative estimate of drug-likeness (QED) is 0.538. The molecule has 0 radical (unpaired) electrons. The molecule has 0 saturated carbocycles. The fourth-order valence-electron chi connectivity index (χ4n) is 1.48. The highest BCUT2D eigenvalue weighted by atomic mass is 16.2. The Morgan fingerprint density at radius 3 is 2.53 bits per heavy atom. The Hall–Kier alpha value is -1.65. The zero-order valence-corrected chi connectivity index (χ0v) is 9.03. The van der Waals surface area contributed by atoms with Crippen molar-refractivity contribution in [2.45, 2.75) is 20.8 Å². The van der Waals surface area contributed by atoms with Gasteiger partial charge in [-0.3, -0.25) is 19.8 Å². The van der Waals surface area contributed by atoms with Gasteiger partial charge in [-0.25, -0.2) is 4.79 Å². The van der Waals surface area contributed by atoms with Crippen molar-refractivity contribution in [3.63, 3.8) is 0 Å². The average molecular weight is 210 g/mol. The molecule has 1 rings (SSSR count). The minimum Gasteiger partial charge on any atom is -0.277 e. The molecule has 1 saturated heterocycles. The summed E-state index contributed by atoms with van der Waals surface area (Å²) in [5, 5.41) is 2.16. The zero-order valence-electron chi connectivity index (χ0n) is 9.03. The standard InChI is InChI=1S/C10H14N2O3/c1-4-6(3)7-8(13)11-10(15)12(5-2)9(7)14/h4,7H,5H2,1-3H3,(H,11,13,15)/b6-4-. The van der Waals surface area contributed by atoms with Crippen molar-refractivity contribution in [2.24, 2.45) is 5.92 Å². The first kappa shape index (κ1) is 11.4. The Balaban J connectivity index is 3.03. The predicted molar refractivity (Wildman–Crippen MR) is 53.8 cm³/mol. The van der Waals surface area contributed by atoms with Crippen LogP contribution in [0.2, 0.25) is 0 Å². The molecular formula is C10H14N2O3. The lowest BCUT2D eigenvalue weighted by Gasteiger charge is -2.29. The summed E-state index contributed by atoms with van der Waals surface area (Å²) in [5.41, 5.74) is 0.656. The highest BCUT2D eigenvalue weighted by Gasteiger charge is 2.40. The van der Waals surface area contributed by atoms with Crippen LogP contribution in [0, 0.1) is 5.92 Å². The lowest BCUT2D eigenvalue weighted by atomic mass is 9.96. The summed E-state index contributed by atoms with van der Waals surface area (Å²) < 4.78 is 0. The Morgan fingerprint density at radius 1 is 1.47 bits per heavy atom. The molecule has 1 atom stereocenters. The smallest absolute Gasteiger partial charge is 0.277 e. The van der Waals surface area contributed by atoms with Crippen molar-refractivity contribution in [3.05, 3.63) is 11.6 Å². The molecule has 4 amide bonds. The molecule has 82 valence electrons. The SMILES string of the molecule is C/C=C(/C)C1C(=O)NC(=O)N(CC)C1=O. The number of carbonyl (C=O) groups excluding carboxylic acids is 3. The second-order valence-electron chi connectivity index (χ2n) is 3.34. The van der Waals surface area contributed by atoms with Gasteiger partial charge in [0.1, 0.15) is 5.92 Å². The molecule has 5 nitrogen and oxygen atoms in total. The molecule has 15 heavy (non-hydrogen) atoms. The first-order chi connectivity index (χ1) is 7.02. The van der Waals surface area contributed by atoms with Crippen molar-refractivity contribution in [1.29, 1.82) is 0 Å². The fraction of sp³-hybridized carbons (Fsp3) is 0.500. The summed E-state index contributed by atoms with van der Waals surface area (Å²) in [7, 11) is 0. The molecule has 1 aliphatic rings. The second kappa shape index (κ2) is 4.25. The Labute approximate surface area is 88.1 Å². The van der Waals surface area contributed by atoms with Gasteiger partial charge >= 0.3 is 6.03 Å². The molecule has 1 N–H and O–H groups in total. The van der Waals surface area contributed by atoms with E-state index in [9.17, 15) is 14.4 Å². The van der Waals surface area contributed by atoms with E-state index in [0.29, 0.717) is 5.57 Å². The summed E-state index contributed by atoms with van der Waals surface area (Å²) in [6.45, 7) is 5.41. The van der Waals surface area contributed by atoms with E-state index in [1.54, 1.807) is 26.8 Å². The fourth-order valence-corrected chi connectivity index (χ4v) is 1.48. The Bertz CT molecular complexity index is 347. The summed E-state index contributed by atoms with van der Waals surface area (Å²) in [6, 6.07) is -0.632. The van der Waals surface area contributed by atoms with Crippen molar-refractivity contribution in [1.82, 2.24) is 10.2 Å². The number of allylic oxidation sites excluding steroid dienone is 1. The van der Waals surface area contributed by atoms with Crippen LogP contribution in [-0.4, -0.2) is 29.3 Å². The van der Waals surface area contributed by atoms with Gasteiger partial charge in [0.05, 0.1) is 0 Å². The van der Waals surface area contributed by atoms with Gasteiger partial charge < -0.3 is 0 Å². The van der Waals surface area contributed by atoms with Crippen LogP contribution < -0.4 is 5.32 Å². The predicted octanol–water partition coefficient (Wildman–Crippen LogP) is 0.667. The van der Waals surface area contributed by atoms with E-state index in [1.165, 1.54) is 0 Å². The van der Waals surface area contributed by atoms with Crippen LogP contribution in [0.1, 0.15) is 20.8 Å². The van der Waals surface area contributed by atoms with E-state index in [4.69, 9.17) is 0 Å². The van der Waals surface area contributed by atoms with Crippen LogP contribution in [-0.2, 0) is 9.59 Å². The van der Waals surface area contributed by atoms with E-state index in [0.717, 1.165) is 4.90 Å². The Morgan fingerprint density at radius 2 is 2.07 bits per heavy atom. The molecule has 0 spiro atoms. The molecule has 1 unspecified atom stereocenters. The zero-order chi connectivity index (χ0) is 11.6. The van der Waals surface area contributed by atoms with Gasteiger partial charge in [-0.15, -0.1) is 0 Å². The van der Waals surface area contributed by atoms with Gasteiger partial charge in [-0.2, -0.15) is 0 Å². The van der Waals surface area contributed by atoms with Gasteiger partial charge in [0.15, 0.2) is 0 Å². The van der Waals surface area contributed by atoms with E-state index in [2.05, 4.69) is 5.32 Å². The monoisotopic (exact) mass is 210 g/mol. The normalized spacial score (nSPS) is 23.1. The number of imide groups is 2. The summed E-state index contributed by atoms with van der Waals surface area (Å²) in [4.78, 5) is 35.5. The number of hydrogen-bond acceptors (Lipinski definition) is 3. The Kier molecular flexibility index (Phi) is 3.24. The highest BCUT2D eigenvalue weighted by Crippen LogP contribution is 2.18. The maximum atomic E-state index is 11.8. The number of amides is 4. The van der Waals surface area contributed by atoms with Crippen molar-refractivity contribution < 1.29 is 14.4 Å². The maximum absolute atomic E-state index is 11.8. The first-order valence-corrected chi connectivity index (χ1v) is 4.81. The number of nitrogens with one attached hydrogen (secondary N) is 1. The third kappa shape index (κ3) is 1.91. The van der Waals surface area contributed by atoms with Gasteiger partial charge in [-0.05, 0) is 20.8 Å². The van der Waals surface area contributed by atoms with Crippen LogP contribution in [0.15, 0.2) is 11.6 Å². The highest BCUT2D eigenvalue weighted by molar-refractivity contribution is 6.17.